The molecule has 0 bridgehead atoms. The molecule has 0 aromatic carbocycles. The van der Waals surface area contributed by atoms with Gasteiger partial charge in [0.1, 0.15) is 5.15 Å². The summed E-state index contributed by atoms with van der Waals surface area (Å²) < 4.78 is 3.76. The molecule has 9 heavy (non-hydrogen) atoms. The standard InChI is InChI=1S/C5H3ClNOS/c6-5-4(1-2-8)3-9-7-5/h3H,1H2. The highest BCUT2D eigenvalue weighted by Crippen LogP contribution is 2.15. The van der Waals surface area contributed by atoms with Gasteiger partial charge in [-0.3, -0.25) is 4.79 Å². The fourth-order valence-corrected chi connectivity index (χ4v) is 1.33. The third-order valence-electron chi connectivity index (χ3n) is 0.855. The smallest absolute Gasteiger partial charge is 0.203 e. The highest BCUT2D eigenvalue weighted by molar-refractivity contribution is 7.04. The first-order valence-electron chi connectivity index (χ1n) is 2.28. The monoisotopic (exact) mass is 160 g/mol. The average molecular weight is 161 g/mol. The quantitative estimate of drug-likeness (QED) is 0.656. The van der Waals surface area contributed by atoms with Crippen LogP contribution in [0.5, 0.6) is 0 Å². The lowest BCUT2D eigenvalue weighted by atomic mass is 10.3. The Labute approximate surface area is 61.6 Å². The van der Waals surface area contributed by atoms with E-state index >= 15 is 0 Å². The largest absolute Gasteiger partial charge is 0.291 e. The van der Waals surface area contributed by atoms with Gasteiger partial charge in [-0.05, 0) is 11.5 Å². The van der Waals surface area contributed by atoms with Crippen LogP contribution in [0, 0.1) is 0 Å². The highest BCUT2D eigenvalue weighted by atomic mass is 35.5. The predicted molar refractivity (Wildman–Crippen MR) is 36.5 cm³/mol. The van der Waals surface area contributed by atoms with Crippen LogP contribution >= 0.6 is 23.1 Å². The second-order valence-electron chi connectivity index (χ2n) is 1.45. The predicted octanol–water partition coefficient (Wildman–Crippen LogP) is 1.45. The fourth-order valence-electron chi connectivity index (χ4n) is 0.436. The molecule has 0 saturated heterocycles. The normalized spacial score (nSPS) is 9.44. The maximum atomic E-state index is 9.82. The van der Waals surface area contributed by atoms with Gasteiger partial charge in [0.05, 0.1) is 0 Å². The van der Waals surface area contributed by atoms with Crippen LogP contribution in [0.4, 0.5) is 0 Å². The number of halogens is 1. The van der Waals surface area contributed by atoms with Crippen molar-refractivity contribution < 1.29 is 4.79 Å². The Hall–Kier alpha value is -0.410. The van der Waals surface area contributed by atoms with Crippen molar-refractivity contribution in [2.75, 3.05) is 0 Å². The maximum Gasteiger partial charge on any atom is 0.203 e. The van der Waals surface area contributed by atoms with Gasteiger partial charge >= 0.3 is 0 Å². The van der Waals surface area contributed by atoms with Crippen molar-refractivity contribution in [3.63, 3.8) is 0 Å². The minimum atomic E-state index is 0.245. The van der Waals surface area contributed by atoms with E-state index in [-0.39, 0.29) is 6.42 Å². The molecule has 0 aliphatic rings. The van der Waals surface area contributed by atoms with Gasteiger partial charge in [-0.2, -0.15) is 4.37 Å². The molecule has 0 saturated carbocycles. The Bertz CT molecular complexity index is 210. The zero-order valence-electron chi connectivity index (χ0n) is 4.43. The Morgan fingerprint density at radius 2 is 2.67 bits per heavy atom. The molecule has 0 fully saturated rings. The Balaban J connectivity index is 2.80. The molecule has 1 radical (unpaired) electrons. The lowest BCUT2D eigenvalue weighted by Gasteiger charge is -1.82. The first-order valence-corrected chi connectivity index (χ1v) is 3.50. The minimum Gasteiger partial charge on any atom is -0.291 e. The molecule has 2 nitrogen and oxygen atoms in total. The summed E-state index contributed by atoms with van der Waals surface area (Å²) in [6.07, 6.45) is 1.99. The molecule has 0 aliphatic heterocycles. The van der Waals surface area contributed by atoms with Crippen molar-refractivity contribution in [1.82, 2.24) is 4.37 Å². The number of rotatable bonds is 2. The fraction of sp³-hybridized carbons (Fsp3) is 0.200. The summed E-state index contributed by atoms with van der Waals surface area (Å²) >= 11 is 6.78. The number of hydrogen-bond donors (Lipinski definition) is 0. The van der Waals surface area contributed by atoms with E-state index in [4.69, 9.17) is 11.6 Å². The van der Waals surface area contributed by atoms with Crippen LogP contribution in [0.1, 0.15) is 5.56 Å². The Morgan fingerprint density at radius 3 is 3.11 bits per heavy atom. The molecule has 0 spiro atoms. The molecule has 0 unspecified atom stereocenters. The third kappa shape index (κ3) is 1.50. The summed E-state index contributed by atoms with van der Waals surface area (Å²) in [7, 11) is 0. The van der Waals surface area contributed by atoms with E-state index in [2.05, 4.69) is 4.37 Å². The number of carbonyl (C=O) groups excluding carboxylic acids is 1. The third-order valence-corrected chi connectivity index (χ3v) is 1.96. The molecular formula is C5H3ClNOS. The molecule has 1 rings (SSSR count). The molecule has 1 aromatic rings. The lowest BCUT2D eigenvalue weighted by Crippen LogP contribution is -1.81. The van der Waals surface area contributed by atoms with Crippen LogP contribution in [0.2, 0.25) is 5.15 Å². The van der Waals surface area contributed by atoms with Crippen molar-refractivity contribution in [2.45, 2.75) is 6.42 Å². The van der Waals surface area contributed by atoms with Gasteiger partial charge in [-0.1, -0.05) is 11.6 Å². The van der Waals surface area contributed by atoms with Crippen LogP contribution in [0.25, 0.3) is 0 Å². The van der Waals surface area contributed by atoms with Crippen molar-refractivity contribution in [1.29, 1.82) is 0 Å². The van der Waals surface area contributed by atoms with E-state index in [1.807, 2.05) is 0 Å². The molecule has 1 heterocycles. The minimum absolute atomic E-state index is 0.245. The van der Waals surface area contributed by atoms with Crippen LogP contribution in [0.15, 0.2) is 5.38 Å². The molecule has 4 heteroatoms. The number of nitrogens with zero attached hydrogens (tertiary/aromatic N) is 1. The average Bonchev–Trinajstić information content (AvgIpc) is 2.18. The summed E-state index contributed by atoms with van der Waals surface area (Å²) in [5.41, 5.74) is 0.761. The van der Waals surface area contributed by atoms with Crippen LogP contribution in [0.3, 0.4) is 0 Å². The first-order chi connectivity index (χ1) is 4.34. The molecular weight excluding hydrogens is 158 g/mol. The summed E-state index contributed by atoms with van der Waals surface area (Å²) in [6.45, 7) is 0. The Morgan fingerprint density at radius 1 is 1.89 bits per heavy atom. The second kappa shape index (κ2) is 2.94. The second-order valence-corrected chi connectivity index (χ2v) is 2.44. The van der Waals surface area contributed by atoms with Gasteiger partial charge in [0.15, 0.2) is 0 Å². The van der Waals surface area contributed by atoms with Crippen LogP contribution in [-0.4, -0.2) is 10.7 Å². The van der Waals surface area contributed by atoms with Crippen molar-refractivity contribution in [2.24, 2.45) is 0 Å². The zero-order chi connectivity index (χ0) is 6.69. The zero-order valence-corrected chi connectivity index (χ0v) is 6.00. The van der Waals surface area contributed by atoms with Gasteiger partial charge in [0.2, 0.25) is 6.29 Å². The summed E-state index contributed by atoms with van der Waals surface area (Å²) in [4.78, 5) is 9.82. The number of aromatic nitrogens is 1. The number of hydrogen-bond acceptors (Lipinski definition) is 3. The molecule has 47 valence electrons. The lowest BCUT2D eigenvalue weighted by molar-refractivity contribution is 0.555. The van der Waals surface area contributed by atoms with Gasteiger partial charge in [-0.15, -0.1) is 0 Å². The SMILES string of the molecule is O=[C]Cc1csnc1Cl. The first kappa shape index (κ1) is 6.71. The Kier molecular flexibility index (Phi) is 2.19. The van der Waals surface area contributed by atoms with Crippen LogP contribution < -0.4 is 0 Å². The van der Waals surface area contributed by atoms with Crippen molar-refractivity contribution in [3.8, 4) is 0 Å². The van der Waals surface area contributed by atoms with Gasteiger partial charge in [0, 0.05) is 17.4 Å². The van der Waals surface area contributed by atoms with E-state index in [9.17, 15) is 4.79 Å². The molecule has 0 atom stereocenters. The van der Waals surface area contributed by atoms with Crippen molar-refractivity contribution in [3.05, 3.63) is 16.1 Å². The van der Waals surface area contributed by atoms with Crippen molar-refractivity contribution >= 4 is 29.4 Å². The molecule has 1 aromatic heterocycles. The van der Waals surface area contributed by atoms with E-state index in [1.165, 1.54) is 11.5 Å². The topological polar surface area (TPSA) is 30.0 Å². The highest BCUT2D eigenvalue weighted by Gasteiger charge is 2.00. The molecule has 0 amide bonds. The summed E-state index contributed by atoms with van der Waals surface area (Å²) in [5.74, 6) is 0. The summed E-state index contributed by atoms with van der Waals surface area (Å²) in [5, 5.41) is 2.16. The molecule has 0 N–H and O–H groups in total. The maximum absolute atomic E-state index is 9.82. The molecule has 0 aliphatic carbocycles. The van der Waals surface area contributed by atoms with E-state index in [1.54, 1.807) is 11.7 Å². The van der Waals surface area contributed by atoms with Crippen LogP contribution in [-0.2, 0) is 11.2 Å². The van der Waals surface area contributed by atoms with Gasteiger partial charge in [0.25, 0.3) is 0 Å². The van der Waals surface area contributed by atoms with E-state index < -0.39 is 0 Å². The van der Waals surface area contributed by atoms with E-state index in [0.717, 1.165) is 5.56 Å². The van der Waals surface area contributed by atoms with Gasteiger partial charge < -0.3 is 0 Å². The van der Waals surface area contributed by atoms with Gasteiger partial charge in [-0.25, -0.2) is 0 Å². The van der Waals surface area contributed by atoms with E-state index in [0.29, 0.717) is 5.15 Å². The summed E-state index contributed by atoms with van der Waals surface area (Å²) in [6, 6.07) is 0.